The lowest BCUT2D eigenvalue weighted by Gasteiger charge is -2.31. The van der Waals surface area contributed by atoms with E-state index in [-0.39, 0.29) is 23.9 Å². The molecule has 1 aliphatic rings. The van der Waals surface area contributed by atoms with Crippen molar-refractivity contribution in [3.8, 4) is 0 Å². The lowest BCUT2D eigenvalue weighted by atomic mass is 10.0. The number of nitrogens with one attached hydrogen (secondary N) is 1. The van der Waals surface area contributed by atoms with E-state index < -0.39 is 13.3 Å². The van der Waals surface area contributed by atoms with Crippen LogP contribution in [-0.2, 0) is 9.30 Å². The molecule has 0 amide bonds. The summed E-state index contributed by atoms with van der Waals surface area (Å²) in [5.74, 6) is -0.960. The number of carboxylic acids is 1. The van der Waals surface area contributed by atoms with Gasteiger partial charge >= 0.3 is 5.97 Å². The molecule has 23 heavy (non-hydrogen) atoms. The molecule has 6 nitrogen and oxygen atoms in total. The Labute approximate surface area is 136 Å². The van der Waals surface area contributed by atoms with Crippen LogP contribution in [0.1, 0.15) is 41.7 Å². The minimum absolute atomic E-state index is 0.0979. The van der Waals surface area contributed by atoms with E-state index in [9.17, 15) is 14.3 Å². The Hall–Kier alpha value is -1.20. The quantitative estimate of drug-likeness (QED) is 0.660. The highest BCUT2D eigenvalue weighted by Gasteiger charge is 2.29. The summed E-state index contributed by atoms with van der Waals surface area (Å²) < 4.78 is 17.8. The average Bonchev–Trinajstić information content (AvgIpc) is 2.53. The SMILES string of the molecule is CCCCP(=O)(O)C[C@@H]1CN[C@H](c2cccc(C(=O)O)c2)CO1. The maximum absolute atomic E-state index is 12.1. The van der Waals surface area contributed by atoms with Gasteiger partial charge in [0.1, 0.15) is 0 Å². The summed E-state index contributed by atoms with van der Waals surface area (Å²) in [5, 5.41) is 12.3. The molecule has 1 unspecified atom stereocenters. The van der Waals surface area contributed by atoms with Crippen LogP contribution < -0.4 is 5.32 Å². The van der Waals surface area contributed by atoms with Crippen molar-refractivity contribution in [2.24, 2.45) is 0 Å². The Morgan fingerprint density at radius 2 is 2.26 bits per heavy atom. The standard InChI is InChI=1S/C16H24NO5P/c1-2-3-7-23(20,21)11-14-9-17-15(10-22-14)12-5-4-6-13(8-12)16(18)19/h4-6,8,14-15,17H,2-3,7,9-11H2,1H3,(H,18,19)(H,20,21)/t14-,15-/m0/s1. The van der Waals surface area contributed by atoms with E-state index in [1.54, 1.807) is 18.2 Å². The molecule has 7 heteroatoms. The van der Waals surface area contributed by atoms with E-state index in [4.69, 9.17) is 9.84 Å². The molecule has 0 saturated carbocycles. The van der Waals surface area contributed by atoms with Gasteiger partial charge in [0.05, 0.1) is 30.5 Å². The Balaban J connectivity index is 1.90. The maximum atomic E-state index is 12.1. The van der Waals surface area contributed by atoms with Crippen LogP contribution in [0.5, 0.6) is 0 Å². The number of aromatic carboxylic acids is 1. The number of ether oxygens (including phenoxy) is 1. The number of hydrogen-bond acceptors (Lipinski definition) is 4. The zero-order valence-corrected chi connectivity index (χ0v) is 14.2. The van der Waals surface area contributed by atoms with Crippen LogP contribution in [-0.4, -0.2) is 47.5 Å². The molecule has 1 heterocycles. The van der Waals surface area contributed by atoms with Crippen molar-refractivity contribution >= 4 is 13.3 Å². The van der Waals surface area contributed by atoms with E-state index in [1.807, 2.05) is 13.0 Å². The van der Waals surface area contributed by atoms with Crippen LogP contribution in [0.3, 0.4) is 0 Å². The summed E-state index contributed by atoms with van der Waals surface area (Å²) in [7, 11) is -3.13. The van der Waals surface area contributed by atoms with Gasteiger partial charge in [0.15, 0.2) is 0 Å². The Kier molecular flexibility index (Phi) is 6.36. The summed E-state index contributed by atoms with van der Waals surface area (Å²) in [6.45, 7) is 2.84. The predicted octanol–water partition coefficient (Wildman–Crippen LogP) is 2.48. The van der Waals surface area contributed by atoms with Gasteiger partial charge in [-0.1, -0.05) is 25.5 Å². The molecule has 0 aromatic heterocycles. The summed E-state index contributed by atoms with van der Waals surface area (Å²) >= 11 is 0. The molecule has 1 saturated heterocycles. The van der Waals surface area contributed by atoms with Crippen LogP contribution in [0, 0.1) is 0 Å². The average molecular weight is 341 g/mol. The van der Waals surface area contributed by atoms with Crippen molar-refractivity contribution in [3.63, 3.8) is 0 Å². The molecule has 3 N–H and O–H groups in total. The Morgan fingerprint density at radius 3 is 2.87 bits per heavy atom. The molecule has 1 fully saturated rings. The molecule has 0 bridgehead atoms. The molecular formula is C16H24NO5P. The zero-order valence-electron chi connectivity index (χ0n) is 13.3. The first-order chi connectivity index (χ1) is 10.9. The van der Waals surface area contributed by atoms with Gasteiger partial charge in [-0.25, -0.2) is 4.79 Å². The maximum Gasteiger partial charge on any atom is 0.335 e. The fourth-order valence-electron chi connectivity index (χ4n) is 2.66. The number of carboxylic acid groups (broad SMARTS) is 1. The minimum atomic E-state index is -3.13. The second-order valence-electron chi connectivity index (χ2n) is 5.95. The highest BCUT2D eigenvalue weighted by molar-refractivity contribution is 7.58. The van der Waals surface area contributed by atoms with E-state index in [2.05, 4.69) is 5.32 Å². The number of benzene rings is 1. The van der Waals surface area contributed by atoms with E-state index in [0.29, 0.717) is 19.3 Å². The first-order valence-corrected chi connectivity index (χ1v) is 9.93. The van der Waals surface area contributed by atoms with Gasteiger partial charge in [0.25, 0.3) is 0 Å². The van der Waals surface area contributed by atoms with Crippen molar-refractivity contribution in [2.45, 2.75) is 31.9 Å². The van der Waals surface area contributed by atoms with Gasteiger partial charge in [0.2, 0.25) is 7.37 Å². The third kappa shape index (κ3) is 5.43. The topological polar surface area (TPSA) is 95.9 Å². The van der Waals surface area contributed by atoms with E-state index in [0.717, 1.165) is 18.4 Å². The van der Waals surface area contributed by atoms with Gasteiger partial charge < -0.3 is 20.1 Å². The largest absolute Gasteiger partial charge is 0.478 e. The monoisotopic (exact) mass is 341 g/mol. The fourth-order valence-corrected chi connectivity index (χ4v) is 4.52. The van der Waals surface area contributed by atoms with Gasteiger partial charge in [-0.15, -0.1) is 0 Å². The van der Waals surface area contributed by atoms with Crippen molar-refractivity contribution in [2.75, 3.05) is 25.5 Å². The Bertz CT molecular complexity index is 584. The smallest absolute Gasteiger partial charge is 0.335 e. The molecule has 3 atom stereocenters. The van der Waals surface area contributed by atoms with Crippen molar-refractivity contribution in [1.29, 1.82) is 0 Å². The minimum Gasteiger partial charge on any atom is -0.478 e. The van der Waals surface area contributed by atoms with Crippen molar-refractivity contribution in [1.82, 2.24) is 5.32 Å². The lowest BCUT2D eigenvalue weighted by molar-refractivity contribution is 0.0156. The van der Waals surface area contributed by atoms with Crippen LogP contribution in [0.25, 0.3) is 0 Å². The normalized spacial score (nSPS) is 24.1. The third-order valence-corrected chi connectivity index (χ3v) is 5.97. The van der Waals surface area contributed by atoms with E-state index in [1.165, 1.54) is 0 Å². The highest BCUT2D eigenvalue weighted by Crippen LogP contribution is 2.42. The molecular weight excluding hydrogens is 317 g/mol. The third-order valence-electron chi connectivity index (χ3n) is 3.98. The molecule has 0 aliphatic carbocycles. The van der Waals surface area contributed by atoms with Gasteiger partial charge in [-0.3, -0.25) is 4.57 Å². The summed E-state index contributed by atoms with van der Waals surface area (Å²) in [6.07, 6.45) is 1.88. The highest BCUT2D eigenvalue weighted by atomic mass is 31.2. The van der Waals surface area contributed by atoms with Crippen LogP contribution >= 0.6 is 7.37 Å². The van der Waals surface area contributed by atoms with Crippen LogP contribution in [0.2, 0.25) is 0 Å². The molecule has 0 spiro atoms. The molecule has 2 rings (SSSR count). The van der Waals surface area contributed by atoms with E-state index >= 15 is 0 Å². The van der Waals surface area contributed by atoms with Gasteiger partial charge in [-0.05, 0) is 24.1 Å². The zero-order chi connectivity index (χ0) is 16.9. The number of unbranched alkanes of at least 4 members (excludes halogenated alkanes) is 1. The summed E-state index contributed by atoms with van der Waals surface area (Å²) in [4.78, 5) is 21.0. The first kappa shape index (κ1) is 18.1. The molecule has 1 aromatic carbocycles. The molecule has 1 aliphatic heterocycles. The number of hydrogen-bond donors (Lipinski definition) is 3. The number of carbonyl (C=O) groups is 1. The van der Waals surface area contributed by atoms with Gasteiger partial charge in [-0.2, -0.15) is 0 Å². The second-order valence-corrected chi connectivity index (χ2v) is 8.46. The lowest BCUT2D eigenvalue weighted by Crippen LogP contribution is -2.42. The second kappa shape index (κ2) is 8.06. The fraction of sp³-hybridized carbons (Fsp3) is 0.562. The number of morpholine rings is 1. The number of rotatable bonds is 7. The van der Waals surface area contributed by atoms with Crippen molar-refractivity contribution in [3.05, 3.63) is 35.4 Å². The summed E-state index contributed by atoms with van der Waals surface area (Å²) in [5.41, 5.74) is 1.09. The molecule has 1 aromatic rings. The van der Waals surface area contributed by atoms with Crippen LogP contribution in [0.15, 0.2) is 24.3 Å². The molecule has 128 valence electrons. The first-order valence-electron chi connectivity index (χ1n) is 7.90. The summed E-state index contributed by atoms with van der Waals surface area (Å²) in [6, 6.07) is 6.64. The van der Waals surface area contributed by atoms with Crippen LogP contribution in [0.4, 0.5) is 0 Å². The Morgan fingerprint density at radius 1 is 1.48 bits per heavy atom. The van der Waals surface area contributed by atoms with Gasteiger partial charge in [0, 0.05) is 12.7 Å². The molecule has 0 radical (unpaired) electrons. The predicted molar refractivity (Wildman–Crippen MR) is 88.4 cm³/mol. The van der Waals surface area contributed by atoms with Crippen molar-refractivity contribution < 1.29 is 24.1 Å².